The van der Waals surface area contributed by atoms with Gasteiger partial charge in [-0.3, -0.25) is 14.9 Å². The van der Waals surface area contributed by atoms with Crippen LogP contribution in [0.5, 0.6) is 5.75 Å². The van der Waals surface area contributed by atoms with Crippen LogP contribution in [-0.2, 0) is 4.79 Å². The molecule has 2 rings (SSSR count). The Kier molecular flexibility index (Phi) is 4.95. The Bertz CT molecular complexity index is 743. The van der Waals surface area contributed by atoms with Crippen molar-refractivity contribution in [2.24, 2.45) is 0 Å². The molecule has 0 aliphatic heterocycles. The lowest BCUT2D eigenvalue weighted by atomic mass is 10.1. The summed E-state index contributed by atoms with van der Waals surface area (Å²) in [6, 6.07) is 11.7. The van der Waals surface area contributed by atoms with Crippen LogP contribution in [0, 0.1) is 24.0 Å². The molecule has 1 atom stereocenters. The number of nitro groups is 1. The number of hydrogen-bond donors (Lipinski definition) is 1. The molecular weight excluding hydrogens is 296 g/mol. The molecule has 0 aliphatic rings. The van der Waals surface area contributed by atoms with Gasteiger partial charge in [0.05, 0.1) is 4.92 Å². The molecule has 0 saturated carbocycles. The van der Waals surface area contributed by atoms with Crippen molar-refractivity contribution in [1.29, 1.82) is 0 Å². The van der Waals surface area contributed by atoms with E-state index in [-0.39, 0.29) is 17.3 Å². The van der Waals surface area contributed by atoms with Crippen LogP contribution in [0.4, 0.5) is 11.4 Å². The first kappa shape index (κ1) is 16.5. The third-order valence-corrected chi connectivity index (χ3v) is 3.37. The zero-order chi connectivity index (χ0) is 17.0. The molecule has 2 aromatic rings. The highest BCUT2D eigenvalue weighted by molar-refractivity contribution is 5.94. The number of nitro benzene ring substituents is 1. The Hall–Kier alpha value is -2.89. The van der Waals surface area contributed by atoms with Gasteiger partial charge in [-0.05, 0) is 38.5 Å². The molecule has 120 valence electrons. The van der Waals surface area contributed by atoms with Gasteiger partial charge in [-0.25, -0.2) is 0 Å². The summed E-state index contributed by atoms with van der Waals surface area (Å²) >= 11 is 0. The van der Waals surface area contributed by atoms with E-state index in [4.69, 9.17) is 4.74 Å². The molecule has 2 aromatic carbocycles. The van der Waals surface area contributed by atoms with Gasteiger partial charge in [-0.1, -0.05) is 29.8 Å². The van der Waals surface area contributed by atoms with E-state index in [9.17, 15) is 14.9 Å². The number of para-hydroxylation sites is 2. The average molecular weight is 314 g/mol. The highest BCUT2D eigenvalue weighted by Gasteiger charge is 2.21. The number of rotatable bonds is 5. The summed E-state index contributed by atoms with van der Waals surface area (Å²) in [6.45, 7) is 5.42. The number of amides is 1. The fourth-order valence-corrected chi connectivity index (χ4v) is 2.14. The molecule has 0 saturated heterocycles. The van der Waals surface area contributed by atoms with Crippen LogP contribution in [0.1, 0.15) is 18.1 Å². The largest absolute Gasteiger partial charge is 0.474 e. The van der Waals surface area contributed by atoms with E-state index in [1.165, 1.54) is 12.1 Å². The van der Waals surface area contributed by atoms with E-state index in [2.05, 4.69) is 5.32 Å². The Morgan fingerprint density at radius 3 is 2.57 bits per heavy atom. The van der Waals surface area contributed by atoms with Gasteiger partial charge in [0.25, 0.3) is 5.91 Å². The lowest BCUT2D eigenvalue weighted by Gasteiger charge is -2.16. The quantitative estimate of drug-likeness (QED) is 0.675. The summed E-state index contributed by atoms with van der Waals surface area (Å²) in [5.74, 6) is -0.295. The van der Waals surface area contributed by atoms with Gasteiger partial charge in [0.2, 0.25) is 0 Å². The lowest BCUT2D eigenvalue weighted by Crippen LogP contribution is -2.30. The first-order chi connectivity index (χ1) is 10.9. The molecule has 1 N–H and O–H groups in total. The maximum atomic E-state index is 12.2. The molecule has 6 nitrogen and oxygen atoms in total. The Labute approximate surface area is 134 Å². The van der Waals surface area contributed by atoms with Crippen LogP contribution in [-0.4, -0.2) is 16.9 Å². The lowest BCUT2D eigenvalue weighted by molar-refractivity contribution is -0.386. The second-order valence-corrected chi connectivity index (χ2v) is 5.29. The molecule has 0 fully saturated rings. The molecule has 6 heteroatoms. The molecule has 0 aliphatic carbocycles. The van der Waals surface area contributed by atoms with Crippen LogP contribution in [0.25, 0.3) is 0 Å². The zero-order valence-electron chi connectivity index (χ0n) is 13.2. The highest BCUT2D eigenvalue weighted by atomic mass is 16.6. The van der Waals surface area contributed by atoms with Crippen molar-refractivity contribution in [3.05, 3.63) is 63.7 Å². The topological polar surface area (TPSA) is 81.5 Å². The second-order valence-electron chi connectivity index (χ2n) is 5.29. The summed E-state index contributed by atoms with van der Waals surface area (Å²) in [4.78, 5) is 22.7. The smallest absolute Gasteiger partial charge is 0.310 e. The minimum absolute atomic E-state index is 0.0702. The first-order valence-corrected chi connectivity index (χ1v) is 7.16. The average Bonchev–Trinajstić information content (AvgIpc) is 2.50. The van der Waals surface area contributed by atoms with E-state index in [1.807, 2.05) is 32.0 Å². The van der Waals surface area contributed by atoms with Gasteiger partial charge in [0, 0.05) is 11.8 Å². The number of benzene rings is 2. The molecule has 0 aromatic heterocycles. The molecule has 0 bridgehead atoms. The van der Waals surface area contributed by atoms with E-state index < -0.39 is 11.0 Å². The fourth-order valence-electron chi connectivity index (χ4n) is 2.14. The summed E-state index contributed by atoms with van der Waals surface area (Å²) in [5, 5.41) is 13.7. The molecule has 0 radical (unpaired) electrons. The van der Waals surface area contributed by atoms with Crippen molar-refractivity contribution in [2.45, 2.75) is 26.9 Å². The maximum Gasteiger partial charge on any atom is 0.310 e. The van der Waals surface area contributed by atoms with E-state index in [0.717, 1.165) is 11.1 Å². The summed E-state index contributed by atoms with van der Waals surface area (Å²) in [7, 11) is 0. The first-order valence-electron chi connectivity index (χ1n) is 7.16. The van der Waals surface area contributed by atoms with E-state index in [0.29, 0.717) is 5.69 Å². The third-order valence-electron chi connectivity index (χ3n) is 3.37. The zero-order valence-corrected chi connectivity index (χ0v) is 13.2. The van der Waals surface area contributed by atoms with Gasteiger partial charge in [0.1, 0.15) is 0 Å². The monoisotopic (exact) mass is 314 g/mol. The van der Waals surface area contributed by atoms with E-state index >= 15 is 0 Å². The van der Waals surface area contributed by atoms with Gasteiger partial charge in [0.15, 0.2) is 11.9 Å². The predicted octanol–water partition coefficient (Wildman–Crippen LogP) is 3.62. The maximum absolute atomic E-state index is 12.2. The number of ether oxygens (including phenoxy) is 1. The molecular formula is C17H18N2O4. The van der Waals surface area contributed by atoms with Crippen molar-refractivity contribution in [3.63, 3.8) is 0 Å². The predicted molar refractivity (Wildman–Crippen MR) is 87.7 cm³/mol. The number of aryl methyl sites for hydroxylation is 2. The number of carbonyl (C=O) groups excluding carboxylic acids is 1. The second kappa shape index (κ2) is 6.91. The minimum Gasteiger partial charge on any atom is -0.474 e. The standard InChI is InChI=1S/C17H18N2O4/c1-11-8-9-14(12(2)10-11)18-17(20)13(3)23-16-7-5-4-6-15(16)19(21)22/h4-10,13H,1-3H3,(H,18,20). The van der Waals surface area contributed by atoms with Gasteiger partial charge < -0.3 is 10.1 Å². The van der Waals surface area contributed by atoms with Gasteiger partial charge in [-0.15, -0.1) is 0 Å². The molecule has 0 spiro atoms. The van der Waals surface area contributed by atoms with Crippen LogP contribution >= 0.6 is 0 Å². The molecule has 0 heterocycles. The van der Waals surface area contributed by atoms with Crippen molar-refractivity contribution in [3.8, 4) is 5.75 Å². The van der Waals surface area contributed by atoms with Gasteiger partial charge >= 0.3 is 5.69 Å². The number of anilines is 1. The summed E-state index contributed by atoms with van der Waals surface area (Å²) < 4.78 is 5.45. The number of carbonyl (C=O) groups is 1. The van der Waals surface area contributed by atoms with Gasteiger partial charge in [-0.2, -0.15) is 0 Å². The van der Waals surface area contributed by atoms with Crippen LogP contribution < -0.4 is 10.1 Å². The SMILES string of the molecule is Cc1ccc(NC(=O)C(C)Oc2ccccc2[N+](=O)[O-])c(C)c1. The Morgan fingerprint density at radius 1 is 1.22 bits per heavy atom. The van der Waals surface area contributed by atoms with Crippen molar-refractivity contribution >= 4 is 17.3 Å². The Balaban J connectivity index is 2.10. The normalized spacial score (nSPS) is 11.6. The van der Waals surface area contributed by atoms with Crippen LogP contribution in [0.3, 0.4) is 0 Å². The number of hydrogen-bond acceptors (Lipinski definition) is 4. The summed E-state index contributed by atoms with van der Waals surface area (Å²) in [6.07, 6.45) is -0.864. The number of nitrogens with zero attached hydrogens (tertiary/aromatic N) is 1. The molecule has 23 heavy (non-hydrogen) atoms. The van der Waals surface area contributed by atoms with Crippen LogP contribution in [0.2, 0.25) is 0 Å². The third kappa shape index (κ3) is 4.06. The number of nitrogens with one attached hydrogen (secondary N) is 1. The van der Waals surface area contributed by atoms with Crippen LogP contribution in [0.15, 0.2) is 42.5 Å². The Morgan fingerprint density at radius 2 is 1.91 bits per heavy atom. The van der Waals surface area contributed by atoms with Crippen molar-refractivity contribution in [2.75, 3.05) is 5.32 Å². The fraction of sp³-hybridized carbons (Fsp3) is 0.235. The molecule has 1 unspecified atom stereocenters. The van der Waals surface area contributed by atoms with Crippen molar-refractivity contribution in [1.82, 2.24) is 0 Å². The van der Waals surface area contributed by atoms with E-state index in [1.54, 1.807) is 19.1 Å². The highest BCUT2D eigenvalue weighted by Crippen LogP contribution is 2.27. The minimum atomic E-state index is -0.864. The van der Waals surface area contributed by atoms with Crippen molar-refractivity contribution < 1.29 is 14.5 Å². The molecule has 1 amide bonds. The summed E-state index contributed by atoms with van der Waals surface area (Å²) in [5.41, 5.74) is 2.57.